The van der Waals surface area contributed by atoms with Crippen molar-refractivity contribution in [2.24, 2.45) is 0 Å². The molecule has 148 valence electrons. The van der Waals surface area contributed by atoms with E-state index < -0.39 is 16.0 Å². The number of hydrogen-bond donors (Lipinski definition) is 1. The Hall–Kier alpha value is -2.26. The number of Topliss-reactive ketones (excluding diaryl/α,β-unsaturated/α-hetero) is 1. The smallest absolute Gasteiger partial charge is 0.303 e. The third-order valence-corrected chi connectivity index (χ3v) is 6.43. The molecule has 1 N–H and O–H groups in total. The van der Waals surface area contributed by atoms with E-state index >= 15 is 0 Å². The third-order valence-electron chi connectivity index (χ3n) is 4.52. The number of carboxylic acid groups (broad SMARTS) is 1. The quantitative estimate of drug-likeness (QED) is 0.525. The van der Waals surface area contributed by atoms with Crippen LogP contribution in [-0.2, 0) is 19.6 Å². The van der Waals surface area contributed by atoms with Crippen LogP contribution in [0.4, 0.5) is 0 Å². The molecule has 0 saturated carbocycles. The van der Waals surface area contributed by atoms with E-state index in [0.717, 1.165) is 0 Å². The van der Waals surface area contributed by atoms with Gasteiger partial charge < -0.3 is 10.0 Å². The fourth-order valence-electron chi connectivity index (χ4n) is 2.90. The van der Waals surface area contributed by atoms with Crippen LogP contribution >= 0.6 is 0 Å². The van der Waals surface area contributed by atoms with Gasteiger partial charge in [0.2, 0.25) is 15.9 Å². The van der Waals surface area contributed by atoms with Crippen molar-refractivity contribution in [1.82, 2.24) is 9.21 Å². The summed E-state index contributed by atoms with van der Waals surface area (Å²) in [5.41, 5.74) is 0.451. The van der Waals surface area contributed by atoms with Gasteiger partial charge in [-0.05, 0) is 31.9 Å². The number of hydrogen-bond acceptors (Lipinski definition) is 5. The van der Waals surface area contributed by atoms with Gasteiger partial charge in [-0.15, -0.1) is 0 Å². The van der Waals surface area contributed by atoms with Gasteiger partial charge in [0, 0.05) is 44.6 Å². The van der Waals surface area contributed by atoms with Crippen molar-refractivity contribution in [3.63, 3.8) is 0 Å². The number of unbranched alkanes of at least 4 members (excludes halogenated alkanes) is 1. The molecule has 8 nitrogen and oxygen atoms in total. The summed E-state index contributed by atoms with van der Waals surface area (Å²) >= 11 is 0. The number of amides is 1. The van der Waals surface area contributed by atoms with Crippen molar-refractivity contribution < 1.29 is 27.9 Å². The molecule has 9 heteroatoms. The number of carbonyl (C=O) groups is 3. The molecule has 0 bridgehead atoms. The zero-order chi connectivity index (χ0) is 20.0. The van der Waals surface area contributed by atoms with E-state index in [-0.39, 0.29) is 42.5 Å². The van der Waals surface area contributed by atoms with Gasteiger partial charge in [-0.2, -0.15) is 4.31 Å². The Kier molecular flexibility index (Phi) is 7.09. The number of piperazine rings is 1. The highest BCUT2D eigenvalue weighted by Crippen LogP contribution is 2.19. The molecule has 1 saturated heterocycles. The molecule has 2 rings (SSSR count). The average Bonchev–Trinajstić information content (AvgIpc) is 2.65. The number of nitrogens with zero attached hydrogens (tertiary/aromatic N) is 2. The molecule has 27 heavy (non-hydrogen) atoms. The largest absolute Gasteiger partial charge is 0.481 e. The van der Waals surface area contributed by atoms with E-state index in [0.29, 0.717) is 31.5 Å². The molecular weight excluding hydrogens is 372 g/mol. The molecule has 0 spiro atoms. The lowest BCUT2D eigenvalue weighted by Gasteiger charge is -2.34. The minimum Gasteiger partial charge on any atom is -0.481 e. The summed E-state index contributed by atoms with van der Waals surface area (Å²) < 4.78 is 26.7. The van der Waals surface area contributed by atoms with Gasteiger partial charge in [0.25, 0.3) is 0 Å². The molecule has 0 radical (unpaired) electrons. The van der Waals surface area contributed by atoms with Crippen molar-refractivity contribution in [2.45, 2.75) is 37.5 Å². The Bertz CT molecular complexity index is 796. The molecular formula is C18H24N2O6S. The second-order valence-electron chi connectivity index (χ2n) is 6.47. The topological polar surface area (TPSA) is 112 Å². The molecule has 1 aliphatic heterocycles. The van der Waals surface area contributed by atoms with Gasteiger partial charge in [0.1, 0.15) is 0 Å². The normalized spacial score (nSPS) is 15.5. The van der Waals surface area contributed by atoms with Gasteiger partial charge in [-0.3, -0.25) is 14.4 Å². The van der Waals surface area contributed by atoms with Gasteiger partial charge in [0.05, 0.1) is 4.90 Å². The summed E-state index contributed by atoms with van der Waals surface area (Å²) in [4.78, 5) is 35.7. The molecule has 1 aromatic carbocycles. The third kappa shape index (κ3) is 5.61. The predicted octanol–water partition coefficient (Wildman–Crippen LogP) is 1.37. The maximum absolute atomic E-state index is 12.7. The Labute approximate surface area is 158 Å². The van der Waals surface area contributed by atoms with Crippen LogP contribution in [0.2, 0.25) is 0 Å². The number of rotatable bonds is 8. The van der Waals surface area contributed by atoms with E-state index in [4.69, 9.17) is 5.11 Å². The fourth-order valence-corrected chi connectivity index (χ4v) is 4.32. The van der Waals surface area contributed by atoms with Crippen LogP contribution < -0.4 is 0 Å². The first-order valence-electron chi connectivity index (χ1n) is 8.82. The van der Waals surface area contributed by atoms with Gasteiger partial charge >= 0.3 is 5.97 Å². The number of ketones is 1. The lowest BCUT2D eigenvalue weighted by molar-refractivity contribution is -0.137. The van der Waals surface area contributed by atoms with Crippen LogP contribution in [0.25, 0.3) is 0 Å². The number of sulfonamides is 1. The molecule has 0 unspecified atom stereocenters. The van der Waals surface area contributed by atoms with Crippen molar-refractivity contribution in [1.29, 1.82) is 0 Å². The van der Waals surface area contributed by atoms with E-state index in [9.17, 15) is 22.8 Å². The van der Waals surface area contributed by atoms with Crippen molar-refractivity contribution in [3.05, 3.63) is 29.8 Å². The summed E-state index contributed by atoms with van der Waals surface area (Å²) in [6.45, 7) is 2.45. The summed E-state index contributed by atoms with van der Waals surface area (Å²) in [5.74, 6) is -1.09. The molecule has 0 aliphatic carbocycles. The highest BCUT2D eigenvalue weighted by Gasteiger charge is 2.29. The SMILES string of the molecule is CC(=O)c1ccc(S(=O)(=O)N2CCN(C(=O)CCCCC(=O)O)CC2)cc1. The zero-order valence-corrected chi connectivity index (χ0v) is 16.1. The summed E-state index contributed by atoms with van der Waals surface area (Å²) in [6.07, 6.45) is 1.27. The van der Waals surface area contributed by atoms with Crippen molar-refractivity contribution in [2.75, 3.05) is 26.2 Å². The standard InChI is InChI=1S/C18H24N2O6S/c1-14(21)15-6-8-16(9-7-15)27(25,26)20-12-10-19(11-13-20)17(22)4-2-3-5-18(23)24/h6-9H,2-5,10-13H2,1H3,(H,23,24). The summed E-state index contributed by atoms with van der Waals surface area (Å²) in [6, 6.07) is 5.83. The second-order valence-corrected chi connectivity index (χ2v) is 8.40. The Morgan fingerprint density at radius 2 is 1.52 bits per heavy atom. The highest BCUT2D eigenvalue weighted by atomic mass is 32.2. The molecule has 1 aliphatic rings. The summed E-state index contributed by atoms with van der Waals surface area (Å²) in [5, 5.41) is 8.59. The van der Waals surface area contributed by atoms with E-state index in [1.807, 2.05) is 0 Å². The minimum atomic E-state index is -3.67. The zero-order valence-electron chi connectivity index (χ0n) is 15.3. The molecule has 1 amide bonds. The molecule has 1 heterocycles. The average molecular weight is 396 g/mol. The van der Waals surface area contributed by atoms with Gasteiger partial charge in [-0.1, -0.05) is 12.1 Å². The van der Waals surface area contributed by atoms with Crippen molar-refractivity contribution >= 4 is 27.7 Å². The monoisotopic (exact) mass is 396 g/mol. The molecule has 1 aromatic rings. The predicted molar refractivity (Wildman–Crippen MR) is 97.9 cm³/mol. The number of aliphatic carboxylic acids is 1. The van der Waals surface area contributed by atoms with Crippen LogP contribution in [0, 0.1) is 0 Å². The Balaban J connectivity index is 1.89. The second kappa shape index (κ2) is 9.09. The van der Waals surface area contributed by atoms with E-state index in [2.05, 4.69) is 0 Å². The Morgan fingerprint density at radius 1 is 0.963 bits per heavy atom. The Morgan fingerprint density at radius 3 is 2.04 bits per heavy atom. The van der Waals surface area contributed by atoms with Crippen molar-refractivity contribution in [3.8, 4) is 0 Å². The lowest BCUT2D eigenvalue weighted by atomic mass is 10.1. The number of carboxylic acids is 1. The summed E-state index contributed by atoms with van der Waals surface area (Å²) in [7, 11) is -3.67. The highest BCUT2D eigenvalue weighted by molar-refractivity contribution is 7.89. The van der Waals surface area contributed by atoms with Gasteiger partial charge in [-0.25, -0.2) is 8.42 Å². The lowest BCUT2D eigenvalue weighted by Crippen LogP contribution is -2.50. The van der Waals surface area contributed by atoms with E-state index in [1.165, 1.54) is 35.5 Å². The first kappa shape index (κ1) is 21.0. The van der Waals surface area contributed by atoms with Crippen LogP contribution in [0.15, 0.2) is 29.2 Å². The first-order valence-corrected chi connectivity index (χ1v) is 10.3. The maximum atomic E-state index is 12.7. The first-order chi connectivity index (χ1) is 12.7. The van der Waals surface area contributed by atoms with Gasteiger partial charge in [0.15, 0.2) is 5.78 Å². The van der Waals surface area contributed by atoms with Crippen LogP contribution in [-0.4, -0.2) is 66.6 Å². The van der Waals surface area contributed by atoms with Crippen LogP contribution in [0.3, 0.4) is 0 Å². The molecule has 1 fully saturated rings. The molecule has 0 atom stereocenters. The number of benzene rings is 1. The van der Waals surface area contributed by atoms with E-state index in [1.54, 1.807) is 4.90 Å². The minimum absolute atomic E-state index is 0.0434. The number of carbonyl (C=O) groups excluding carboxylic acids is 2. The van der Waals surface area contributed by atoms with Crippen LogP contribution in [0.1, 0.15) is 43.0 Å². The fraction of sp³-hybridized carbons (Fsp3) is 0.500. The molecule has 0 aromatic heterocycles. The van der Waals surface area contributed by atoms with Crippen LogP contribution in [0.5, 0.6) is 0 Å². The maximum Gasteiger partial charge on any atom is 0.303 e.